The van der Waals surface area contributed by atoms with Crippen molar-refractivity contribution in [2.75, 3.05) is 6.54 Å². The summed E-state index contributed by atoms with van der Waals surface area (Å²) < 4.78 is 5.08. The summed E-state index contributed by atoms with van der Waals surface area (Å²) in [6.07, 6.45) is 5.21. The van der Waals surface area contributed by atoms with Crippen LogP contribution in [0.25, 0.3) is 6.08 Å². The van der Waals surface area contributed by atoms with Gasteiger partial charge in [-0.25, -0.2) is 0 Å². The first-order chi connectivity index (χ1) is 5.86. The molecule has 1 heterocycles. The fraction of sp³-hybridized carbons (Fsp3) is 0.222. The zero-order valence-electron chi connectivity index (χ0n) is 6.69. The molecule has 3 nitrogen and oxygen atoms in total. The number of furan rings is 1. The number of nitrogens with two attached hydrogens (primary N) is 1. The quantitative estimate of drug-likeness (QED) is 0.687. The summed E-state index contributed by atoms with van der Waals surface area (Å²) in [6, 6.07) is 3.38. The van der Waals surface area contributed by atoms with E-state index in [9.17, 15) is 4.79 Å². The minimum atomic E-state index is 0.349. The Labute approximate surface area is 70.9 Å². The van der Waals surface area contributed by atoms with Crippen molar-refractivity contribution in [3.8, 4) is 0 Å². The Bertz CT molecular complexity index is 276. The Morgan fingerprint density at radius 2 is 2.17 bits per heavy atom. The molecule has 0 saturated carbocycles. The number of carbonyl (C=O) groups excluding carboxylic acids is 1. The largest absolute Gasteiger partial charge is 0.454 e. The van der Waals surface area contributed by atoms with Gasteiger partial charge in [0.25, 0.3) is 0 Å². The third-order valence-corrected chi connectivity index (χ3v) is 1.38. The standard InChI is InChI=1S/C9H11NO2/c10-6-2-1-3-8-4-5-9(7-11)12-8/h1,3-5,7H,2,6,10H2. The topological polar surface area (TPSA) is 56.2 Å². The molecule has 12 heavy (non-hydrogen) atoms. The second-order valence-corrected chi connectivity index (χ2v) is 2.34. The number of hydrogen-bond acceptors (Lipinski definition) is 3. The molecule has 0 aliphatic rings. The SMILES string of the molecule is NCCC=Cc1ccc(C=O)o1. The fourth-order valence-electron chi connectivity index (χ4n) is 0.817. The maximum Gasteiger partial charge on any atom is 0.185 e. The molecule has 64 valence electrons. The van der Waals surface area contributed by atoms with Crippen molar-refractivity contribution in [2.45, 2.75) is 6.42 Å². The molecule has 0 amide bonds. The maximum absolute atomic E-state index is 10.2. The lowest BCUT2D eigenvalue weighted by Gasteiger charge is -1.84. The summed E-state index contributed by atoms with van der Waals surface area (Å²) in [5.41, 5.74) is 5.29. The van der Waals surface area contributed by atoms with Crippen LogP contribution >= 0.6 is 0 Å². The van der Waals surface area contributed by atoms with Crippen LogP contribution in [0.5, 0.6) is 0 Å². The molecule has 0 saturated heterocycles. The summed E-state index contributed by atoms with van der Waals surface area (Å²) in [7, 11) is 0. The second kappa shape index (κ2) is 4.51. The van der Waals surface area contributed by atoms with Crippen LogP contribution in [0, 0.1) is 0 Å². The highest BCUT2D eigenvalue weighted by Crippen LogP contribution is 2.07. The molecule has 0 unspecified atom stereocenters. The van der Waals surface area contributed by atoms with E-state index in [1.807, 2.05) is 6.08 Å². The number of rotatable bonds is 4. The Kier molecular flexibility index (Phi) is 3.29. The first kappa shape index (κ1) is 8.74. The maximum atomic E-state index is 10.2. The molecule has 1 aromatic heterocycles. The van der Waals surface area contributed by atoms with Crippen LogP contribution in [-0.2, 0) is 0 Å². The zero-order chi connectivity index (χ0) is 8.81. The molecule has 2 N–H and O–H groups in total. The molecule has 3 heteroatoms. The molecule has 0 fully saturated rings. The molecular weight excluding hydrogens is 154 g/mol. The van der Waals surface area contributed by atoms with Crippen LogP contribution in [0.2, 0.25) is 0 Å². The van der Waals surface area contributed by atoms with Crippen molar-refractivity contribution in [1.82, 2.24) is 0 Å². The monoisotopic (exact) mass is 165 g/mol. The van der Waals surface area contributed by atoms with Crippen molar-refractivity contribution in [2.24, 2.45) is 5.73 Å². The molecule has 0 radical (unpaired) electrons. The van der Waals surface area contributed by atoms with Gasteiger partial charge in [-0.05, 0) is 31.2 Å². The third-order valence-electron chi connectivity index (χ3n) is 1.38. The van der Waals surface area contributed by atoms with Crippen molar-refractivity contribution in [3.63, 3.8) is 0 Å². The molecule has 0 aliphatic heterocycles. The first-order valence-electron chi connectivity index (χ1n) is 3.78. The Morgan fingerprint density at radius 3 is 2.75 bits per heavy atom. The lowest BCUT2D eigenvalue weighted by Crippen LogP contribution is -1.94. The highest BCUT2D eigenvalue weighted by molar-refractivity contribution is 5.71. The number of aldehydes is 1. The van der Waals surface area contributed by atoms with Gasteiger partial charge in [-0.3, -0.25) is 4.79 Å². The summed E-state index contributed by atoms with van der Waals surface area (Å²) in [4.78, 5) is 10.2. The average molecular weight is 165 g/mol. The fourth-order valence-corrected chi connectivity index (χ4v) is 0.817. The van der Waals surface area contributed by atoms with Gasteiger partial charge in [-0.2, -0.15) is 0 Å². The molecule has 0 aromatic carbocycles. The number of carbonyl (C=O) groups is 1. The predicted octanol–water partition coefficient (Wildman–Crippen LogP) is 1.45. The summed E-state index contributed by atoms with van der Waals surface area (Å²) in [6.45, 7) is 0.623. The summed E-state index contributed by atoms with van der Waals surface area (Å²) >= 11 is 0. The predicted molar refractivity (Wildman–Crippen MR) is 46.8 cm³/mol. The lowest BCUT2D eigenvalue weighted by molar-refractivity contribution is 0.110. The van der Waals surface area contributed by atoms with E-state index in [1.54, 1.807) is 18.2 Å². The van der Waals surface area contributed by atoms with E-state index < -0.39 is 0 Å². The number of hydrogen-bond donors (Lipinski definition) is 1. The molecule has 1 rings (SSSR count). The van der Waals surface area contributed by atoms with Crippen molar-refractivity contribution < 1.29 is 9.21 Å². The van der Waals surface area contributed by atoms with Gasteiger partial charge in [0, 0.05) is 0 Å². The Morgan fingerprint density at radius 1 is 1.42 bits per heavy atom. The highest BCUT2D eigenvalue weighted by Gasteiger charge is 1.94. The molecule has 0 aliphatic carbocycles. The summed E-state index contributed by atoms with van der Waals surface area (Å²) in [5.74, 6) is 1.04. The first-order valence-corrected chi connectivity index (χ1v) is 3.78. The minimum Gasteiger partial charge on any atom is -0.454 e. The second-order valence-electron chi connectivity index (χ2n) is 2.34. The lowest BCUT2D eigenvalue weighted by atomic mass is 10.3. The molecule has 0 spiro atoms. The van der Waals surface area contributed by atoms with Crippen LogP contribution in [0.3, 0.4) is 0 Å². The van der Waals surface area contributed by atoms with E-state index in [0.29, 0.717) is 24.4 Å². The third kappa shape index (κ3) is 2.36. The van der Waals surface area contributed by atoms with E-state index in [1.165, 1.54) is 0 Å². The normalized spacial score (nSPS) is 10.8. The van der Waals surface area contributed by atoms with Gasteiger partial charge >= 0.3 is 0 Å². The van der Waals surface area contributed by atoms with Crippen LogP contribution in [-0.4, -0.2) is 12.8 Å². The van der Waals surface area contributed by atoms with Gasteiger partial charge < -0.3 is 10.2 Å². The van der Waals surface area contributed by atoms with Gasteiger partial charge in [0.2, 0.25) is 0 Å². The average Bonchev–Trinajstić information content (AvgIpc) is 2.53. The summed E-state index contributed by atoms with van der Waals surface area (Å²) in [5, 5.41) is 0. The van der Waals surface area contributed by atoms with Crippen LogP contribution < -0.4 is 5.73 Å². The van der Waals surface area contributed by atoms with Crippen molar-refractivity contribution in [3.05, 3.63) is 29.7 Å². The van der Waals surface area contributed by atoms with E-state index in [2.05, 4.69) is 0 Å². The van der Waals surface area contributed by atoms with Gasteiger partial charge in [-0.15, -0.1) is 0 Å². The Balaban J connectivity index is 2.57. The van der Waals surface area contributed by atoms with Gasteiger partial charge in [0.1, 0.15) is 5.76 Å². The van der Waals surface area contributed by atoms with Crippen molar-refractivity contribution >= 4 is 12.4 Å². The molecule has 1 aromatic rings. The van der Waals surface area contributed by atoms with E-state index in [0.717, 1.165) is 6.42 Å². The molecular formula is C9H11NO2. The minimum absolute atomic E-state index is 0.349. The highest BCUT2D eigenvalue weighted by atomic mass is 16.3. The van der Waals surface area contributed by atoms with Crippen LogP contribution in [0.4, 0.5) is 0 Å². The van der Waals surface area contributed by atoms with Crippen molar-refractivity contribution in [1.29, 1.82) is 0 Å². The van der Waals surface area contributed by atoms with E-state index in [4.69, 9.17) is 10.2 Å². The van der Waals surface area contributed by atoms with Gasteiger partial charge in [0.15, 0.2) is 12.0 Å². The molecule has 0 bridgehead atoms. The van der Waals surface area contributed by atoms with Crippen LogP contribution in [0.15, 0.2) is 22.6 Å². The molecule has 0 atom stereocenters. The van der Waals surface area contributed by atoms with Gasteiger partial charge in [-0.1, -0.05) is 6.08 Å². The van der Waals surface area contributed by atoms with E-state index in [-0.39, 0.29) is 0 Å². The van der Waals surface area contributed by atoms with Crippen LogP contribution in [0.1, 0.15) is 22.7 Å². The van der Waals surface area contributed by atoms with Gasteiger partial charge in [0.05, 0.1) is 0 Å². The Hall–Kier alpha value is -1.35. The smallest absolute Gasteiger partial charge is 0.185 e. The zero-order valence-corrected chi connectivity index (χ0v) is 6.69. The van der Waals surface area contributed by atoms with E-state index >= 15 is 0 Å².